The Balaban J connectivity index is 2.11. The van der Waals surface area contributed by atoms with E-state index >= 15 is 0 Å². The zero-order chi connectivity index (χ0) is 15.0. The Bertz CT molecular complexity index is 806. The van der Waals surface area contributed by atoms with Crippen molar-refractivity contribution in [2.75, 3.05) is 23.4 Å². The first kappa shape index (κ1) is 13.2. The van der Waals surface area contributed by atoms with Gasteiger partial charge < -0.3 is 16.4 Å². The molecule has 3 rings (SSSR count). The summed E-state index contributed by atoms with van der Waals surface area (Å²) in [5, 5.41) is 11.4. The number of hydrogen-bond donors (Lipinski definition) is 3. The molecule has 0 spiro atoms. The summed E-state index contributed by atoms with van der Waals surface area (Å²) >= 11 is 0. The maximum Gasteiger partial charge on any atom is 0.226 e. The Morgan fingerprint density at radius 3 is 2.76 bits per heavy atom. The van der Waals surface area contributed by atoms with Gasteiger partial charge in [-0.05, 0) is 30.7 Å². The SMILES string of the molecule is CNc1nc(Nc2ccc(N)cc2C)c2cnn(C)c2n1. The predicted molar refractivity (Wildman–Crippen MR) is 84.7 cm³/mol. The maximum absolute atomic E-state index is 5.78. The van der Waals surface area contributed by atoms with Crippen LogP contribution in [0.25, 0.3) is 11.0 Å². The van der Waals surface area contributed by atoms with E-state index in [0.717, 1.165) is 28.0 Å². The molecule has 0 radical (unpaired) electrons. The quantitative estimate of drug-likeness (QED) is 0.637. The lowest BCUT2D eigenvalue weighted by molar-refractivity contribution is 0.786. The number of hydrogen-bond acceptors (Lipinski definition) is 6. The van der Waals surface area contributed by atoms with Gasteiger partial charge >= 0.3 is 0 Å². The largest absolute Gasteiger partial charge is 0.399 e. The Kier molecular flexibility index (Phi) is 3.09. The van der Waals surface area contributed by atoms with E-state index in [2.05, 4.69) is 25.7 Å². The first-order chi connectivity index (χ1) is 10.1. The molecule has 1 aromatic carbocycles. The van der Waals surface area contributed by atoms with Crippen molar-refractivity contribution < 1.29 is 0 Å². The maximum atomic E-state index is 5.78. The number of nitrogen functional groups attached to an aromatic ring is 1. The highest BCUT2D eigenvalue weighted by molar-refractivity contribution is 5.89. The smallest absolute Gasteiger partial charge is 0.226 e. The number of fused-ring (bicyclic) bond motifs is 1. The van der Waals surface area contributed by atoms with Crippen LogP contribution in [0, 0.1) is 6.92 Å². The average molecular weight is 283 g/mol. The van der Waals surface area contributed by atoms with Gasteiger partial charge in [0.15, 0.2) is 5.65 Å². The molecule has 0 aliphatic rings. The highest BCUT2D eigenvalue weighted by Crippen LogP contribution is 2.27. The van der Waals surface area contributed by atoms with E-state index in [1.807, 2.05) is 32.2 Å². The van der Waals surface area contributed by atoms with Gasteiger partial charge in [-0.25, -0.2) is 0 Å². The average Bonchev–Trinajstić information content (AvgIpc) is 2.83. The van der Waals surface area contributed by atoms with E-state index < -0.39 is 0 Å². The normalized spacial score (nSPS) is 10.8. The van der Waals surface area contributed by atoms with E-state index in [-0.39, 0.29) is 0 Å². The zero-order valence-electron chi connectivity index (χ0n) is 12.2. The molecule has 0 aliphatic carbocycles. The second kappa shape index (κ2) is 4.93. The topological polar surface area (TPSA) is 93.7 Å². The molecule has 7 nitrogen and oxygen atoms in total. The number of rotatable bonds is 3. The first-order valence-corrected chi connectivity index (χ1v) is 6.59. The number of nitrogens with zero attached hydrogens (tertiary/aromatic N) is 4. The summed E-state index contributed by atoms with van der Waals surface area (Å²) in [7, 11) is 3.64. The van der Waals surface area contributed by atoms with Crippen molar-refractivity contribution in [3.05, 3.63) is 30.0 Å². The summed E-state index contributed by atoms with van der Waals surface area (Å²) in [5.74, 6) is 1.26. The van der Waals surface area contributed by atoms with Crippen LogP contribution in [0.2, 0.25) is 0 Å². The highest BCUT2D eigenvalue weighted by atomic mass is 15.3. The zero-order valence-corrected chi connectivity index (χ0v) is 12.2. The van der Waals surface area contributed by atoms with Gasteiger partial charge in [0, 0.05) is 25.5 Å². The van der Waals surface area contributed by atoms with Gasteiger partial charge in [0.1, 0.15) is 5.82 Å². The molecule has 0 atom stereocenters. The van der Waals surface area contributed by atoms with Crippen LogP contribution in [0.4, 0.5) is 23.1 Å². The molecule has 0 aliphatic heterocycles. The van der Waals surface area contributed by atoms with Gasteiger partial charge in [0.2, 0.25) is 5.95 Å². The summed E-state index contributed by atoms with van der Waals surface area (Å²) in [6, 6.07) is 5.72. The number of nitrogens with one attached hydrogen (secondary N) is 2. The third-order valence-electron chi connectivity index (χ3n) is 3.32. The third kappa shape index (κ3) is 2.33. The molecule has 0 saturated carbocycles. The standard InChI is InChI=1S/C14H17N7/c1-8-6-9(15)4-5-11(8)18-12-10-7-17-21(3)13(10)20-14(16-2)19-12/h4-7H,15H2,1-3H3,(H2,16,18,19,20). The second-order valence-corrected chi connectivity index (χ2v) is 4.85. The van der Waals surface area contributed by atoms with E-state index in [4.69, 9.17) is 5.73 Å². The molecule has 0 saturated heterocycles. The molecular weight excluding hydrogens is 266 g/mol. The van der Waals surface area contributed by atoms with Gasteiger partial charge in [0.25, 0.3) is 0 Å². The van der Waals surface area contributed by atoms with Gasteiger partial charge in [-0.15, -0.1) is 0 Å². The first-order valence-electron chi connectivity index (χ1n) is 6.59. The fourth-order valence-electron chi connectivity index (χ4n) is 2.18. The van der Waals surface area contributed by atoms with Gasteiger partial charge in [0.05, 0.1) is 11.6 Å². The molecule has 21 heavy (non-hydrogen) atoms. The Hall–Kier alpha value is -2.83. The van der Waals surface area contributed by atoms with Gasteiger partial charge in [-0.2, -0.15) is 15.1 Å². The molecule has 2 heterocycles. The highest BCUT2D eigenvalue weighted by Gasteiger charge is 2.12. The summed E-state index contributed by atoms with van der Waals surface area (Å²) in [6.07, 6.45) is 1.75. The molecule has 0 amide bonds. The minimum Gasteiger partial charge on any atom is -0.399 e. The van der Waals surface area contributed by atoms with Crippen molar-refractivity contribution in [2.45, 2.75) is 6.92 Å². The molecule has 4 N–H and O–H groups in total. The molecule has 0 bridgehead atoms. The summed E-state index contributed by atoms with van der Waals surface area (Å²) < 4.78 is 1.72. The lowest BCUT2D eigenvalue weighted by Gasteiger charge is -2.11. The Labute approximate surface area is 122 Å². The molecular formula is C14H17N7. The summed E-state index contributed by atoms with van der Waals surface area (Å²) in [4.78, 5) is 8.88. The third-order valence-corrected chi connectivity index (χ3v) is 3.32. The lowest BCUT2D eigenvalue weighted by Crippen LogP contribution is -2.03. The summed E-state index contributed by atoms with van der Waals surface area (Å²) in [5.41, 5.74) is 9.30. The number of anilines is 4. The number of aryl methyl sites for hydroxylation is 2. The molecule has 7 heteroatoms. The molecule has 0 fully saturated rings. The predicted octanol–water partition coefficient (Wildman–Crippen LogP) is 2.04. The van der Waals surface area contributed by atoms with Gasteiger partial charge in [-0.3, -0.25) is 4.68 Å². The van der Waals surface area contributed by atoms with Crippen molar-refractivity contribution in [1.82, 2.24) is 19.7 Å². The lowest BCUT2D eigenvalue weighted by atomic mass is 10.2. The number of nitrogens with two attached hydrogens (primary N) is 1. The molecule has 108 valence electrons. The molecule has 0 unspecified atom stereocenters. The second-order valence-electron chi connectivity index (χ2n) is 4.85. The van der Waals surface area contributed by atoms with Crippen LogP contribution in [0.1, 0.15) is 5.56 Å². The minimum atomic E-state index is 0.543. The van der Waals surface area contributed by atoms with E-state index in [9.17, 15) is 0 Å². The fraction of sp³-hybridized carbons (Fsp3) is 0.214. The van der Waals surface area contributed by atoms with Crippen LogP contribution in [-0.4, -0.2) is 26.8 Å². The van der Waals surface area contributed by atoms with Crippen LogP contribution in [0.15, 0.2) is 24.4 Å². The fourth-order valence-corrected chi connectivity index (χ4v) is 2.18. The van der Waals surface area contributed by atoms with Gasteiger partial charge in [-0.1, -0.05) is 0 Å². The Morgan fingerprint density at radius 1 is 1.24 bits per heavy atom. The van der Waals surface area contributed by atoms with Crippen molar-refractivity contribution in [2.24, 2.45) is 7.05 Å². The van der Waals surface area contributed by atoms with Crippen LogP contribution in [-0.2, 0) is 7.05 Å². The Morgan fingerprint density at radius 2 is 2.05 bits per heavy atom. The van der Waals surface area contributed by atoms with Crippen molar-refractivity contribution >= 4 is 34.2 Å². The van der Waals surface area contributed by atoms with Crippen LogP contribution < -0.4 is 16.4 Å². The van der Waals surface area contributed by atoms with Crippen molar-refractivity contribution in [3.63, 3.8) is 0 Å². The van der Waals surface area contributed by atoms with E-state index in [0.29, 0.717) is 11.8 Å². The molecule has 2 aromatic heterocycles. The number of benzene rings is 1. The minimum absolute atomic E-state index is 0.543. The van der Waals surface area contributed by atoms with E-state index in [1.54, 1.807) is 17.9 Å². The monoisotopic (exact) mass is 283 g/mol. The summed E-state index contributed by atoms with van der Waals surface area (Å²) in [6.45, 7) is 2.00. The van der Waals surface area contributed by atoms with Crippen LogP contribution in [0.5, 0.6) is 0 Å². The van der Waals surface area contributed by atoms with Crippen molar-refractivity contribution in [3.8, 4) is 0 Å². The number of aromatic nitrogens is 4. The van der Waals surface area contributed by atoms with Crippen LogP contribution >= 0.6 is 0 Å². The van der Waals surface area contributed by atoms with Crippen LogP contribution in [0.3, 0.4) is 0 Å². The molecule has 3 aromatic rings. The van der Waals surface area contributed by atoms with E-state index in [1.165, 1.54) is 0 Å². The van der Waals surface area contributed by atoms with Crippen molar-refractivity contribution in [1.29, 1.82) is 0 Å².